The van der Waals surface area contributed by atoms with Gasteiger partial charge in [-0.2, -0.15) is 18.2 Å². The number of hydrogen-bond acceptors (Lipinski definition) is 9. The van der Waals surface area contributed by atoms with E-state index in [4.69, 9.17) is 14.0 Å². The molecule has 1 N–H and O–H groups in total. The number of aromatic nitrogens is 2. The molecule has 0 radical (unpaired) electrons. The lowest BCUT2D eigenvalue weighted by Gasteiger charge is -2.32. The van der Waals surface area contributed by atoms with Crippen molar-refractivity contribution in [2.75, 3.05) is 33.4 Å². The van der Waals surface area contributed by atoms with Crippen molar-refractivity contribution < 1.29 is 36.4 Å². The van der Waals surface area contributed by atoms with E-state index < -0.39 is 23.8 Å². The minimum absolute atomic E-state index is 0.0246. The van der Waals surface area contributed by atoms with Crippen LogP contribution in [0.5, 0.6) is 5.75 Å². The molecular formula is C21H20F4N4O4S2. The molecule has 0 saturated carbocycles. The number of alkyl halides is 4. The Balaban J connectivity index is 1.53. The summed E-state index contributed by atoms with van der Waals surface area (Å²) in [5, 5.41) is 6.81. The maximum Gasteiger partial charge on any atom is 0.446 e. The normalized spacial score (nSPS) is 24.0. The van der Waals surface area contributed by atoms with Crippen LogP contribution in [0.3, 0.4) is 0 Å². The number of amides is 1. The molecule has 2 aromatic heterocycles. The van der Waals surface area contributed by atoms with E-state index in [-0.39, 0.29) is 58.9 Å². The van der Waals surface area contributed by atoms with E-state index in [2.05, 4.69) is 15.5 Å². The molecule has 2 aliphatic rings. The summed E-state index contributed by atoms with van der Waals surface area (Å²) < 4.78 is 71.9. The van der Waals surface area contributed by atoms with Crippen molar-refractivity contribution in [3.05, 3.63) is 24.1 Å². The van der Waals surface area contributed by atoms with E-state index in [1.165, 1.54) is 0 Å². The molecular weight excluding hydrogens is 512 g/mol. The Morgan fingerprint density at radius 1 is 1.34 bits per heavy atom. The van der Waals surface area contributed by atoms with Crippen molar-refractivity contribution >= 4 is 39.1 Å². The molecule has 2 aliphatic heterocycles. The van der Waals surface area contributed by atoms with Gasteiger partial charge in [0.2, 0.25) is 11.7 Å². The predicted molar refractivity (Wildman–Crippen MR) is 120 cm³/mol. The van der Waals surface area contributed by atoms with E-state index in [9.17, 15) is 22.4 Å². The van der Waals surface area contributed by atoms with Crippen molar-refractivity contribution in [2.45, 2.75) is 35.1 Å². The van der Waals surface area contributed by atoms with Crippen LogP contribution in [-0.2, 0) is 9.53 Å². The number of hydrogen-bond donors (Lipinski definition) is 1. The molecule has 0 unspecified atom stereocenters. The zero-order valence-electron chi connectivity index (χ0n) is 18.3. The lowest BCUT2D eigenvalue weighted by molar-refractivity contribution is -0.131. The second kappa shape index (κ2) is 9.56. The number of carbonyl (C=O) groups excluding carboxylic acids is 1. The third-order valence-electron chi connectivity index (χ3n) is 5.61. The lowest BCUT2D eigenvalue weighted by atomic mass is 10.1. The molecule has 8 nitrogen and oxygen atoms in total. The number of nitrogens with zero attached hydrogens (tertiary/aromatic N) is 3. The number of nitrogens with one attached hydrogen (secondary N) is 1. The Hall–Kier alpha value is -2.42. The number of rotatable bonds is 5. The van der Waals surface area contributed by atoms with Gasteiger partial charge in [-0.15, -0.1) is 11.3 Å². The molecule has 1 aromatic carbocycles. The SMILES string of the molecule is CN1CC[C@@H](Oc2cccc3c(SC(F)(F)F)c(-c4noc([C@H]5COCC(=O)N5)n4)sc23)[C@@H](F)C1. The average molecular weight is 533 g/mol. The quantitative estimate of drug-likeness (QED) is 0.387. The van der Waals surface area contributed by atoms with Crippen molar-refractivity contribution in [3.63, 3.8) is 0 Å². The number of morpholine rings is 1. The number of piperidine rings is 1. The summed E-state index contributed by atoms with van der Waals surface area (Å²) in [5.41, 5.74) is -4.57. The third-order valence-corrected chi connectivity index (χ3v) is 7.82. The molecule has 2 fully saturated rings. The molecule has 4 heterocycles. The number of ether oxygens (including phenoxy) is 2. The molecule has 1 amide bonds. The standard InChI is InChI=1S/C21H20F4N4O4S2/c1-29-6-5-13(11(22)7-29)32-14-4-2-3-10-16(14)34-18(17(10)35-21(23,24)25)19-27-20(33-28-19)12-8-31-9-15(30)26-12/h2-4,11-13H,5-9H2,1H3,(H,26,30)/t11-,12+,13+/m0/s1. The van der Waals surface area contributed by atoms with Gasteiger partial charge in [0, 0.05) is 23.4 Å². The highest BCUT2D eigenvalue weighted by molar-refractivity contribution is 8.00. The minimum atomic E-state index is -4.57. The number of thioether (sulfide) groups is 1. The van der Waals surface area contributed by atoms with Gasteiger partial charge in [0.05, 0.1) is 16.2 Å². The Morgan fingerprint density at radius 2 is 2.17 bits per heavy atom. The minimum Gasteiger partial charge on any atom is -0.486 e. The fourth-order valence-corrected chi connectivity index (χ4v) is 6.10. The maximum absolute atomic E-state index is 14.6. The monoisotopic (exact) mass is 532 g/mol. The molecule has 2 saturated heterocycles. The number of thiophene rings is 1. The van der Waals surface area contributed by atoms with Crippen molar-refractivity contribution in [1.82, 2.24) is 20.4 Å². The van der Waals surface area contributed by atoms with Crippen LogP contribution in [-0.4, -0.2) is 72.1 Å². The van der Waals surface area contributed by atoms with Gasteiger partial charge in [0.25, 0.3) is 5.89 Å². The summed E-state index contributed by atoms with van der Waals surface area (Å²) in [6.07, 6.45) is -1.47. The summed E-state index contributed by atoms with van der Waals surface area (Å²) in [5.74, 6) is -0.0902. The summed E-state index contributed by atoms with van der Waals surface area (Å²) >= 11 is 0.730. The van der Waals surface area contributed by atoms with Gasteiger partial charge >= 0.3 is 5.51 Å². The topological polar surface area (TPSA) is 89.7 Å². The largest absolute Gasteiger partial charge is 0.486 e. The summed E-state index contributed by atoms with van der Waals surface area (Å²) in [7, 11) is 1.82. The van der Waals surface area contributed by atoms with E-state index in [1.807, 2.05) is 11.9 Å². The Kier molecular flexibility index (Phi) is 6.63. The summed E-state index contributed by atoms with van der Waals surface area (Å²) in [6.45, 7) is 0.875. The van der Waals surface area contributed by atoms with Crippen LogP contribution in [0.15, 0.2) is 27.6 Å². The number of fused-ring (bicyclic) bond motifs is 1. The van der Waals surface area contributed by atoms with Gasteiger partial charge in [0.15, 0.2) is 0 Å². The third kappa shape index (κ3) is 5.25. The first-order valence-corrected chi connectivity index (χ1v) is 12.3. The van der Waals surface area contributed by atoms with Gasteiger partial charge in [-0.3, -0.25) is 4.79 Å². The Labute approximate surface area is 204 Å². The Morgan fingerprint density at radius 3 is 2.91 bits per heavy atom. The van der Waals surface area contributed by atoms with Crippen molar-refractivity contribution in [1.29, 1.82) is 0 Å². The molecule has 3 aromatic rings. The number of halogens is 4. The number of carbonyl (C=O) groups is 1. The molecule has 35 heavy (non-hydrogen) atoms. The lowest BCUT2D eigenvalue weighted by Crippen LogP contribution is -2.45. The highest BCUT2D eigenvalue weighted by atomic mass is 32.2. The molecule has 14 heteroatoms. The van der Waals surface area contributed by atoms with Gasteiger partial charge in [0.1, 0.15) is 30.7 Å². The zero-order chi connectivity index (χ0) is 24.7. The van der Waals surface area contributed by atoms with Crippen LogP contribution in [0.4, 0.5) is 17.6 Å². The molecule has 3 atom stereocenters. The molecule has 0 spiro atoms. The summed E-state index contributed by atoms with van der Waals surface area (Å²) in [4.78, 5) is 17.7. The Bertz CT molecular complexity index is 1230. The fourth-order valence-electron chi connectivity index (χ4n) is 4.01. The van der Waals surface area contributed by atoms with Crippen LogP contribution in [0.2, 0.25) is 0 Å². The molecule has 0 aliphatic carbocycles. The molecule has 5 rings (SSSR count). The highest BCUT2D eigenvalue weighted by Crippen LogP contribution is 2.51. The average Bonchev–Trinajstić information content (AvgIpc) is 3.41. The summed E-state index contributed by atoms with van der Waals surface area (Å²) in [6, 6.07) is 4.04. The fraction of sp³-hybridized carbons (Fsp3) is 0.476. The van der Waals surface area contributed by atoms with Crippen LogP contribution in [0, 0.1) is 0 Å². The predicted octanol–water partition coefficient (Wildman–Crippen LogP) is 4.17. The smallest absolute Gasteiger partial charge is 0.446 e. The zero-order valence-corrected chi connectivity index (χ0v) is 19.9. The van der Waals surface area contributed by atoms with E-state index >= 15 is 0 Å². The second-order valence-electron chi connectivity index (χ2n) is 8.26. The van der Waals surface area contributed by atoms with E-state index in [1.54, 1.807) is 18.2 Å². The van der Waals surface area contributed by atoms with Crippen LogP contribution < -0.4 is 10.1 Å². The second-order valence-corrected chi connectivity index (χ2v) is 10.4. The van der Waals surface area contributed by atoms with Gasteiger partial charge in [-0.25, -0.2) is 4.39 Å². The number of benzene rings is 1. The van der Waals surface area contributed by atoms with Crippen molar-refractivity contribution in [2.24, 2.45) is 0 Å². The molecule has 188 valence electrons. The van der Waals surface area contributed by atoms with Gasteiger partial charge < -0.3 is 24.2 Å². The van der Waals surface area contributed by atoms with Crippen LogP contribution >= 0.6 is 23.1 Å². The van der Waals surface area contributed by atoms with E-state index in [0.717, 1.165) is 11.3 Å². The first-order valence-electron chi connectivity index (χ1n) is 10.7. The molecule has 0 bridgehead atoms. The first kappa shape index (κ1) is 24.3. The van der Waals surface area contributed by atoms with Crippen LogP contribution in [0.25, 0.3) is 20.8 Å². The maximum atomic E-state index is 14.6. The van der Waals surface area contributed by atoms with Crippen LogP contribution in [0.1, 0.15) is 18.4 Å². The van der Waals surface area contributed by atoms with E-state index in [0.29, 0.717) is 28.8 Å². The van der Waals surface area contributed by atoms with Crippen molar-refractivity contribution in [3.8, 4) is 16.5 Å². The highest BCUT2D eigenvalue weighted by Gasteiger charge is 2.36. The van der Waals surface area contributed by atoms with Gasteiger partial charge in [-0.1, -0.05) is 17.3 Å². The number of likely N-dealkylation sites (tertiary alicyclic amines) is 1. The first-order chi connectivity index (χ1) is 16.7. The van der Waals surface area contributed by atoms with Gasteiger partial charge in [-0.05, 0) is 31.3 Å².